The van der Waals surface area contributed by atoms with Crippen LogP contribution in [0.25, 0.3) is 0 Å². The van der Waals surface area contributed by atoms with Gasteiger partial charge in [0.1, 0.15) is 0 Å². The number of ketones is 1. The SMILES string of the molecule is CC[C@](Cl)(C(=O)c1ccc(Br)cc1)S(=O)(=O)CC. The third-order valence-corrected chi connectivity index (χ3v) is 6.67. The number of carbonyl (C=O) groups excluding carboxylic acids is 1. The molecule has 0 amide bonds. The van der Waals surface area contributed by atoms with Crippen LogP contribution >= 0.6 is 27.5 Å². The van der Waals surface area contributed by atoms with Crippen molar-refractivity contribution in [3.05, 3.63) is 34.3 Å². The lowest BCUT2D eigenvalue weighted by Gasteiger charge is -2.23. The fourth-order valence-electron chi connectivity index (χ4n) is 1.57. The van der Waals surface area contributed by atoms with Crippen molar-refractivity contribution in [1.82, 2.24) is 0 Å². The fraction of sp³-hybridized carbons (Fsp3) is 0.417. The summed E-state index contributed by atoms with van der Waals surface area (Å²) < 4.78 is 22.9. The lowest BCUT2D eigenvalue weighted by molar-refractivity contribution is 0.0970. The molecule has 0 unspecified atom stereocenters. The zero-order chi connectivity index (χ0) is 14.0. The van der Waals surface area contributed by atoms with Crippen LogP contribution in [-0.2, 0) is 9.84 Å². The number of alkyl halides is 1. The Kier molecular flexibility index (Phi) is 4.98. The molecule has 0 bridgehead atoms. The molecule has 0 N–H and O–H groups in total. The van der Waals surface area contributed by atoms with Crippen LogP contribution in [-0.4, -0.2) is 24.2 Å². The summed E-state index contributed by atoms with van der Waals surface area (Å²) in [5.74, 6) is -0.729. The molecule has 18 heavy (non-hydrogen) atoms. The van der Waals surface area contributed by atoms with Crippen LogP contribution in [0.3, 0.4) is 0 Å². The number of Topliss-reactive ketones (excluding diaryl/α,β-unsaturated/α-hetero) is 1. The maximum Gasteiger partial charge on any atom is 0.207 e. The van der Waals surface area contributed by atoms with E-state index >= 15 is 0 Å². The van der Waals surface area contributed by atoms with Crippen LogP contribution in [0.4, 0.5) is 0 Å². The summed E-state index contributed by atoms with van der Waals surface area (Å²) in [6, 6.07) is 6.48. The summed E-state index contributed by atoms with van der Waals surface area (Å²) in [5.41, 5.74) is 0.298. The highest BCUT2D eigenvalue weighted by Gasteiger charge is 2.46. The first-order valence-corrected chi connectivity index (χ1v) is 8.32. The standard InChI is InChI=1S/C12H14BrClO3S/c1-3-12(14,18(16,17)4-2)11(15)9-5-7-10(13)8-6-9/h5-8H,3-4H2,1-2H3/t12-/m1/s1. The van der Waals surface area contributed by atoms with Crippen molar-refractivity contribution >= 4 is 43.2 Å². The summed E-state index contributed by atoms with van der Waals surface area (Å²) >= 11 is 9.34. The molecule has 3 nitrogen and oxygen atoms in total. The molecule has 0 aromatic heterocycles. The molecule has 0 saturated heterocycles. The Bertz CT molecular complexity index is 539. The van der Waals surface area contributed by atoms with Crippen LogP contribution in [0.1, 0.15) is 30.6 Å². The molecule has 0 heterocycles. The molecule has 1 rings (SSSR count). The van der Waals surface area contributed by atoms with E-state index in [0.717, 1.165) is 4.47 Å². The molecule has 0 aliphatic rings. The first kappa shape index (κ1) is 15.7. The largest absolute Gasteiger partial charge is 0.291 e. The van der Waals surface area contributed by atoms with Crippen LogP contribution in [0, 0.1) is 0 Å². The van der Waals surface area contributed by atoms with Crippen LogP contribution in [0.2, 0.25) is 0 Å². The van der Waals surface area contributed by atoms with Gasteiger partial charge in [-0.2, -0.15) is 0 Å². The molecule has 100 valence electrons. The van der Waals surface area contributed by atoms with Gasteiger partial charge in [0.2, 0.25) is 4.21 Å². The Hall–Kier alpha value is -0.390. The third kappa shape index (κ3) is 2.78. The van der Waals surface area contributed by atoms with Gasteiger partial charge in [-0.25, -0.2) is 8.42 Å². The van der Waals surface area contributed by atoms with Gasteiger partial charge in [0, 0.05) is 15.8 Å². The minimum Gasteiger partial charge on any atom is -0.291 e. The van der Waals surface area contributed by atoms with Gasteiger partial charge in [-0.3, -0.25) is 4.79 Å². The molecule has 6 heteroatoms. The predicted molar refractivity (Wildman–Crippen MR) is 76.8 cm³/mol. The van der Waals surface area contributed by atoms with Crippen molar-refractivity contribution < 1.29 is 13.2 Å². The highest BCUT2D eigenvalue weighted by atomic mass is 79.9. The van der Waals surface area contributed by atoms with Crippen molar-refractivity contribution in [2.24, 2.45) is 0 Å². The quantitative estimate of drug-likeness (QED) is 0.602. The Morgan fingerprint density at radius 1 is 1.28 bits per heavy atom. The van der Waals surface area contributed by atoms with Gasteiger partial charge in [0.15, 0.2) is 15.6 Å². The molecule has 0 aliphatic carbocycles. The second-order valence-corrected chi connectivity index (χ2v) is 8.11. The molecule has 1 aromatic carbocycles. The Labute approximate surface area is 121 Å². The highest BCUT2D eigenvalue weighted by Crippen LogP contribution is 2.32. The highest BCUT2D eigenvalue weighted by molar-refractivity contribution is 9.10. The second kappa shape index (κ2) is 5.72. The van der Waals surface area contributed by atoms with E-state index in [-0.39, 0.29) is 12.2 Å². The summed E-state index contributed by atoms with van der Waals surface area (Å²) in [6.07, 6.45) is 0.0413. The molecule has 1 atom stereocenters. The summed E-state index contributed by atoms with van der Waals surface area (Å²) in [4.78, 5) is 12.3. The van der Waals surface area contributed by atoms with Gasteiger partial charge in [0.25, 0.3) is 0 Å². The lowest BCUT2D eigenvalue weighted by atomic mass is 10.1. The third-order valence-electron chi connectivity index (χ3n) is 2.77. The molecular weight excluding hydrogens is 340 g/mol. The predicted octanol–water partition coefficient (Wildman–Crippen LogP) is 3.41. The maximum atomic E-state index is 12.3. The first-order valence-electron chi connectivity index (χ1n) is 5.50. The Morgan fingerprint density at radius 3 is 2.17 bits per heavy atom. The maximum absolute atomic E-state index is 12.3. The van der Waals surface area contributed by atoms with Crippen molar-refractivity contribution in [3.63, 3.8) is 0 Å². The van der Waals surface area contributed by atoms with Gasteiger partial charge < -0.3 is 0 Å². The van der Waals surface area contributed by atoms with E-state index in [1.165, 1.54) is 6.92 Å². The number of rotatable bonds is 5. The summed E-state index contributed by atoms with van der Waals surface area (Å²) in [5, 5.41) is 0. The summed E-state index contributed by atoms with van der Waals surface area (Å²) in [7, 11) is -3.66. The number of halogens is 2. The van der Waals surface area contributed by atoms with Gasteiger partial charge in [-0.15, -0.1) is 0 Å². The van der Waals surface area contributed by atoms with Crippen molar-refractivity contribution in [3.8, 4) is 0 Å². The zero-order valence-corrected chi connectivity index (χ0v) is 13.3. The van der Waals surface area contributed by atoms with Crippen molar-refractivity contribution in [2.75, 3.05) is 5.75 Å². The number of benzene rings is 1. The smallest absolute Gasteiger partial charge is 0.207 e. The van der Waals surface area contributed by atoms with Gasteiger partial charge in [-0.1, -0.05) is 53.5 Å². The Morgan fingerprint density at radius 2 is 1.78 bits per heavy atom. The number of hydrogen-bond donors (Lipinski definition) is 0. The van der Waals surface area contributed by atoms with Crippen LogP contribution < -0.4 is 0 Å². The lowest BCUT2D eigenvalue weighted by Crippen LogP contribution is -2.41. The van der Waals surface area contributed by atoms with Gasteiger partial charge >= 0.3 is 0 Å². The van der Waals surface area contributed by atoms with E-state index in [1.54, 1.807) is 31.2 Å². The van der Waals surface area contributed by atoms with E-state index in [9.17, 15) is 13.2 Å². The number of sulfone groups is 1. The molecule has 0 fully saturated rings. The molecule has 0 spiro atoms. The summed E-state index contributed by atoms with van der Waals surface area (Å²) in [6.45, 7) is 3.08. The van der Waals surface area contributed by atoms with E-state index in [4.69, 9.17) is 11.6 Å². The van der Waals surface area contributed by atoms with Crippen molar-refractivity contribution in [1.29, 1.82) is 0 Å². The fourth-order valence-corrected chi connectivity index (χ4v) is 3.57. The van der Waals surface area contributed by atoms with E-state index in [1.807, 2.05) is 0 Å². The van der Waals surface area contributed by atoms with E-state index < -0.39 is 19.8 Å². The molecule has 0 aliphatic heterocycles. The molecule has 0 saturated carbocycles. The molecule has 0 radical (unpaired) electrons. The van der Waals surface area contributed by atoms with E-state index in [2.05, 4.69) is 15.9 Å². The topological polar surface area (TPSA) is 51.2 Å². The van der Waals surface area contributed by atoms with E-state index in [0.29, 0.717) is 5.56 Å². The average molecular weight is 354 g/mol. The molecule has 1 aromatic rings. The van der Waals surface area contributed by atoms with Crippen molar-refractivity contribution in [2.45, 2.75) is 24.5 Å². The Balaban J connectivity index is 3.26. The van der Waals surface area contributed by atoms with Crippen LogP contribution in [0.5, 0.6) is 0 Å². The average Bonchev–Trinajstić information content (AvgIpc) is 2.37. The second-order valence-electron chi connectivity index (χ2n) is 3.82. The van der Waals surface area contributed by atoms with Gasteiger partial charge in [-0.05, 0) is 18.6 Å². The van der Waals surface area contributed by atoms with Gasteiger partial charge in [0.05, 0.1) is 0 Å². The first-order chi connectivity index (χ1) is 8.28. The molecular formula is C12H14BrClO3S. The number of hydrogen-bond acceptors (Lipinski definition) is 3. The monoisotopic (exact) mass is 352 g/mol. The normalized spacial score (nSPS) is 15.1. The van der Waals surface area contributed by atoms with Crippen LogP contribution in [0.15, 0.2) is 28.7 Å². The zero-order valence-electron chi connectivity index (χ0n) is 10.1. The number of carbonyl (C=O) groups is 1. The minimum absolute atomic E-state index is 0.0413. The minimum atomic E-state index is -3.66.